The molecule has 3 aromatic rings. The molecule has 0 unspecified atom stereocenters. The lowest BCUT2D eigenvalue weighted by Crippen LogP contribution is -2.62. The van der Waals surface area contributed by atoms with Crippen LogP contribution in [0.5, 0.6) is 5.88 Å². The molecule has 8 nitrogen and oxygen atoms in total. The molecule has 1 saturated heterocycles. The Morgan fingerprint density at radius 3 is 2.40 bits per heavy atom. The van der Waals surface area contributed by atoms with Gasteiger partial charge in [-0.25, -0.2) is 18.1 Å². The van der Waals surface area contributed by atoms with Crippen LogP contribution in [0.15, 0.2) is 53.4 Å². The van der Waals surface area contributed by atoms with Crippen molar-refractivity contribution in [1.29, 1.82) is 0 Å². The van der Waals surface area contributed by atoms with E-state index in [9.17, 15) is 8.42 Å². The molecular formula is C34H47N5O3S. The summed E-state index contributed by atoms with van der Waals surface area (Å²) in [6.45, 7) is 19.6. The van der Waals surface area contributed by atoms with Gasteiger partial charge >= 0.3 is 0 Å². The third-order valence-electron chi connectivity index (χ3n) is 8.46. The van der Waals surface area contributed by atoms with E-state index < -0.39 is 10.0 Å². The molecule has 2 aromatic carbocycles. The van der Waals surface area contributed by atoms with Crippen molar-refractivity contribution in [3.8, 4) is 17.1 Å². The summed E-state index contributed by atoms with van der Waals surface area (Å²) in [4.78, 5) is 14.5. The molecule has 0 saturated carbocycles. The first kappa shape index (κ1) is 31.4. The number of sulfonamides is 1. The first-order valence-electron chi connectivity index (χ1n) is 15.5. The van der Waals surface area contributed by atoms with Crippen LogP contribution in [0, 0.1) is 25.2 Å². The highest BCUT2D eigenvalue weighted by atomic mass is 32.2. The second kappa shape index (κ2) is 12.5. The van der Waals surface area contributed by atoms with E-state index in [4.69, 9.17) is 4.74 Å². The Kier molecular flexibility index (Phi) is 9.16. The molecule has 2 aliphatic rings. The largest absolute Gasteiger partial charge is 0.476 e. The Labute approximate surface area is 257 Å². The third kappa shape index (κ3) is 7.75. The zero-order valence-corrected chi connectivity index (χ0v) is 27.5. The van der Waals surface area contributed by atoms with Gasteiger partial charge in [0.15, 0.2) is 0 Å². The Bertz CT molecular complexity index is 1520. The van der Waals surface area contributed by atoms with Crippen molar-refractivity contribution in [1.82, 2.24) is 19.8 Å². The molecular weight excluding hydrogens is 558 g/mol. The fourth-order valence-corrected chi connectivity index (χ4v) is 7.12. The van der Waals surface area contributed by atoms with Gasteiger partial charge in [0.05, 0.1) is 10.6 Å². The van der Waals surface area contributed by atoms with E-state index in [2.05, 4.69) is 59.1 Å². The number of fused-ring (bicyclic) bond motifs is 4. The van der Waals surface area contributed by atoms with Crippen molar-refractivity contribution < 1.29 is 13.2 Å². The molecule has 0 aliphatic carbocycles. The molecule has 4 bridgehead atoms. The maximum absolute atomic E-state index is 13.6. The fraction of sp³-hybridized carbons (Fsp3) is 0.529. The summed E-state index contributed by atoms with van der Waals surface area (Å²) in [7, 11) is -3.93. The number of rotatable bonds is 6. The summed E-state index contributed by atoms with van der Waals surface area (Å²) in [6.07, 6.45) is 2.11. The van der Waals surface area contributed by atoms with Gasteiger partial charge in [-0.2, -0.15) is 4.98 Å². The van der Waals surface area contributed by atoms with E-state index >= 15 is 0 Å². The van der Waals surface area contributed by atoms with Crippen LogP contribution in [0.4, 0.5) is 5.95 Å². The molecule has 0 spiro atoms. The minimum atomic E-state index is -3.93. The van der Waals surface area contributed by atoms with Gasteiger partial charge in [0, 0.05) is 43.3 Å². The number of aromatic nitrogens is 2. The van der Waals surface area contributed by atoms with Gasteiger partial charge < -0.3 is 9.64 Å². The fourth-order valence-electron chi connectivity index (χ4n) is 6.10. The highest BCUT2D eigenvalue weighted by Gasteiger charge is 2.36. The van der Waals surface area contributed by atoms with E-state index in [1.54, 1.807) is 12.1 Å². The number of likely N-dealkylation sites (tertiary alicyclic amines) is 1. The van der Waals surface area contributed by atoms with Gasteiger partial charge in [0.25, 0.3) is 10.0 Å². The van der Waals surface area contributed by atoms with Crippen LogP contribution >= 0.6 is 0 Å². The lowest BCUT2D eigenvalue weighted by atomic mass is 9.91. The van der Waals surface area contributed by atoms with Gasteiger partial charge in [-0.05, 0) is 73.4 Å². The Morgan fingerprint density at radius 1 is 1.02 bits per heavy atom. The van der Waals surface area contributed by atoms with Gasteiger partial charge in [0.2, 0.25) is 11.8 Å². The Balaban J connectivity index is 1.54. The first-order valence-corrected chi connectivity index (χ1v) is 16.9. The summed E-state index contributed by atoms with van der Waals surface area (Å²) < 4.78 is 36.3. The van der Waals surface area contributed by atoms with Crippen LogP contribution in [0.1, 0.15) is 64.2 Å². The molecule has 0 amide bonds. The van der Waals surface area contributed by atoms with Gasteiger partial charge in [-0.15, -0.1) is 0 Å². The summed E-state index contributed by atoms with van der Waals surface area (Å²) in [5.74, 6) is 0.833. The predicted molar refractivity (Wildman–Crippen MR) is 173 cm³/mol. The van der Waals surface area contributed by atoms with Crippen LogP contribution < -0.4 is 9.46 Å². The molecule has 2 aliphatic heterocycles. The minimum absolute atomic E-state index is 0.00514. The Hall–Kier alpha value is -3.01. The lowest BCUT2D eigenvalue weighted by molar-refractivity contribution is -0.0190. The number of hydrogen-bond donors (Lipinski definition) is 1. The first-order chi connectivity index (χ1) is 20.3. The van der Waals surface area contributed by atoms with E-state index in [1.807, 2.05) is 50.2 Å². The topological polar surface area (TPSA) is 87.7 Å². The molecule has 5 rings (SSSR count). The molecule has 43 heavy (non-hydrogen) atoms. The summed E-state index contributed by atoms with van der Waals surface area (Å²) in [5.41, 5.74) is 4.95. The van der Waals surface area contributed by atoms with Crippen molar-refractivity contribution in [3.05, 3.63) is 65.2 Å². The van der Waals surface area contributed by atoms with Crippen LogP contribution in [0.25, 0.3) is 11.3 Å². The minimum Gasteiger partial charge on any atom is -0.476 e. The lowest BCUT2D eigenvalue weighted by Gasteiger charge is -2.49. The average molecular weight is 606 g/mol. The smallest absolute Gasteiger partial charge is 0.264 e. The molecule has 1 aromatic heterocycles. The van der Waals surface area contributed by atoms with E-state index in [0.29, 0.717) is 42.1 Å². The van der Waals surface area contributed by atoms with Gasteiger partial charge in [-0.1, -0.05) is 65.0 Å². The van der Waals surface area contributed by atoms with Crippen LogP contribution in [0.2, 0.25) is 0 Å². The molecule has 232 valence electrons. The number of anilines is 1. The summed E-state index contributed by atoms with van der Waals surface area (Å²) in [6, 6.07) is 15.7. The van der Waals surface area contributed by atoms with Crippen molar-refractivity contribution in [2.75, 3.05) is 31.0 Å². The molecule has 1 atom stereocenters. The SMILES string of the molecule is Cc1cccc(C)c1-c1cc2nc(n1)NS(=O)(=O)c1cccc(c1)CN(C1CN(CCC(C)(C)C)C1)[C@H](CC(C)C)CO2. The maximum atomic E-state index is 13.6. The van der Waals surface area contributed by atoms with Gasteiger partial charge in [0.1, 0.15) is 6.61 Å². The molecule has 3 heterocycles. The number of hydrogen-bond acceptors (Lipinski definition) is 7. The summed E-state index contributed by atoms with van der Waals surface area (Å²) in [5, 5.41) is 0. The number of ether oxygens (including phenoxy) is 1. The van der Waals surface area contributed by atoms with Crippen LogP contribution in [-0.4, -0.2) is 66.5 Å². The summed E-state index contributed by atoms with van der Waals surface area (Å²) >= 11 is 0. The standard InChI is InChI=1S/C34H47N5O3S/c1-23(2)16-27-22-42-31-18-30(32-24(3)10-8-11-25(32)4)35-33(36-31)37-43(40,41)29-13-9-12-26(17-29)19-39(27)28-20-38(21-28)15-14-34(5,6)7/h8-13,17-18,23,27-28H,14-16,19-22H2,1-7H3,(H,35,36,37)/t27-/m1/s1. The third-order valence-corrected chi connectivity index (χ3v) is 9.79. The number of benzene rings is 2. The highest BCUT2D eigenvalue weighted by molar-refractivity contribution is 7.92. The van der Waals surface area contributed by atoms with Crippen LogP contribution in [0.3, 0.4) is 0 Å². The number of nitrogens with zero attached hydrogens (tertiary/aromatic N) is 4. The zero-order chi connectivity index (χ0) is 30.9. The maximum Gasteiger partial charge on any atom is 0.264 e. The molecule has 0 radical (unpaired) electrons. The monoisotopic (exact) mass is 605 g/mol. The molecule has 1 fully saturated rings. The highest BCUT2D eigenvalue weighted by Crippen LogP contribution is 2.31. The normalized spacial score (nSPS) is 19.9. The van der Waals surface area contributed by atoms with Crippen molar-refractivity contribution >= 4 is 16.0 Å². The second-order valence-corrected chi connectivity index (χ2v) is 15.6. The molecule has 9 heteroatoms. The quantitative estimate of drug-likeness (QED) is 0.353. The Morgan fingerprint density at radius 2 is 1.72 bits per heavy atom. The number of nitrogens with one attached hydrogen (secondary N) is 1. The van der Waals surface area contributed by atoms with Crippen molar-refractivity contribution in [2.45, 2.75) is 84.8 Å². The average Bonchev–Trinajstić information content (AvgIpc) is 2.88. The second-order valence-electron chi connectivity index (χ2n) is 13.9. The van der Waals surface area contributed by atoms with E-state index in [1.165, 1.54) is 0 Å². The zero-order valence-electron chi connectivity index (χ0n) is 26.7. The van der Waals surface area contributed by atoms with E-state index in [-0.39, 0.29) is 16.9 Å². The van der Waals surface area contributed by atoms with Crippen LogP contribution in [-0.2, 0) is 16.6 Å². The predicted octanol–water partition coefficient (Wildman–Crippen LogP) is 6.29. The van der Waals surface area contributed by atoms with E-state index in [0.717, 1.165) is 54.7 Å². The van der Waals surface area contributed by atoms with Crippen molar-refractivity contribution in [2.24, 2.45) is 11.3 Å². The van der Waals surface area contributed by atoms with Crippen molar-refractivity contribution in [3.63, 3.8) is 0 Å². The van der Waals surface area contributed by atoms with Gasteiger partial charge in [-0.3, -0.25) is 4.90 Å². The molecule has 1 N–H and O–H groups in total. The number of aryl methyl sites for hydroxylation is 2.